The van der Waals surface area contributed by atoms with Gasteiger partial charge in [0, 0.05) is 11.1 Å². The van der Waals surface area contributed by atoms with Gasteiger partial charge >= 0.3 is 0 Å². The number of para-hydroxylation sites is 1. The number of aromatic nitrogens is 4. The zero-order valence-electron chi connectivity index (χ0n) is 16.4. The van der Waals surface area contributed by atoms with Crippen molar-refractivity contribution in [2.24, 2.45) is 0 Å². The Morgan fingerprint density at radius 1 is 1.10 bits per heavy atom. The Labute approximate surface area is 187 Å². The monoisotopic (exact) mass is 457 g/mol. The van der Waals surface area contributed by atoms with Crippen molar-refractivity contribution in [3.8, 4) is 23.0 Å². The summed E-state index contributed by atoms with van der Waals surface area (Å²) >= 11 is 11.9. The molecule has 4 aromatic rings. The summed E-state index contributed by atoms with van der Waals surface area (Å²) in [5.74, 6) is 1.24. The number of carbonyl (C=O) groups excluding carboxylic acids is 1. The Kier molecular flexibility index (Phi) is 6.20. The van der Waals surface area contributed by atoms with E-state index in [0.29, 0.717) is 33.7 Å². The van der Waals surface area contributed by atoms with Gasteiger partial charge in [-0.15, -0.1) is 15.3 Å². The fourth-order valence-corrected chi connectivity index (χ4v) is 3.43. The molecular formula is C21H17Cl2N5O3. The van der Waals surface area contributed by atoms with Crippen LogP contribution in [0.5, 0.6) is 11.6 Å². The average Bonchev–Trinajstić information content (AvgIpc) is 3.19. The lowest BCUT2D eigenvalue weighted by molar-refractivity contribution is 0.0946. The molecule has 0 saturated carbocycles. The van der Waals surface area contributed by atoms with Gasteiger partial charge in [0.25, 0.3) is 5.91 Å². The van der Waals surface area contributed by atoms with Crippen LogP contribution in [0.3, 0.4) is 0 Å². The predicted octanol–water partition coefficient (Wildman–Crippen LogP) is 3.92. The molecule has 1 N–H and O–H groups in total. The van der Waals surface area contributed by atoms with E-state index in [2.05, 4.69) is 20.6 Å². The Bertz CT molecular complexity index is 1240. The van der Waals surface area contributed by atoms with Gasteiger partial charge in [0.1, 0.15) is 12.4 Å². The molecule has 8 nitrogen and oxygen atoms in total. The lowest BCUT2D eigenvalue weighted by Crippen LogP contribution is -2.28. The van der Waals surface area contributed by atoms with Gasteiger partial charge < -0.3 is 14.8 Å². The molecule has 0 bridgehead atoms. The molecule has 1 amide bonds. The number of amides is 1. The van der Waals surface area contributed by atoms with Crippen molar-refractivity contribution < 1.29 is 14.3 Å². The van der Waals surface area contributed by atoms with Gasteiger partial charge in [-0.25, -0.2) is 0 Å². The first kappa shape index (κ1) is 20.9. The standard InChI is InChI=1S/C21H17Cl2N5O3/c1-30-17-5-3-2-4-15(17)20-26-25-18-8-9-19(27-28(18)20)31-11-10-24-21(29)14-7-6-13(22)12-16(14)23/h2-9,12H,10-11H2,1H3,(H,24,29). The number of ether oxygens (including phenoxy) is 2. The number of benzene rings is 2. The van der Waals surface area contributed by atoms with E-state index in [4.69, 9.17) is 32.7 Å². The van der Waals surface area contributed by atoms with E-state index >= 15 is 0 Å². The number of rotatable bonds is 7. The molecule has 0 unspecified atom stereocenters. The minimum absolute atomic E-state index is 0.210. The molecule has 0 aliphatic heterocycles. The summed E-state index contributed by atoms with van der Waals surface area (Å²) in [6.07, 6.45) is 0. The van der Waals surface area contributed by atoms with Crippen molar-refractivity contribution in [2.75, 3.05) is 20.3 Å². The number of hydrogen-bond donors (Lipinski definition) is 1. The summed E-state index contributed by atoms with van der Waals surface area (Å²) in [4.78, 5) is 12.2. The van der Waals surface area contributed by atoms with E-state index in [0.717, 1.165) is 5.56 Å². The van der Waals surface area contributed by atoms with Crippen molar-refractivity contribution >= 4 is 34.8 Å². The molecule has 10 heteroatoms. The zero-order chi connectivity index (χ0) is 21.8. The molecule has 2 aromatic heterocycles. The summed E-state index contributed by atoms with van der Waals surface area (Å²) in [5, 5.41) is 16.3. The molecule has 0 atom stereocenters. The van der Waals surface area contributed by atoms with Crippen LogP contribution in [0.25, 0.3) is 17.0 Å². The van der Waals surface area contributed by atoms with E-state index in [1.807, 2.05) is 24.3 Å². The van der Waals surface area contributed by atoms with Gasteiger partial charge in [0.2, 0.25) is 5.88 Å². The van der Waals surface area contributed by atoms with E-state index in [-0.39, 0.29) is 24.1 Å². The van der Waals surface area contributed by atoms with Crippen LogP contribution in [0.15, 0.2) is 54.6 Å². The molecule has 0 fully saturated rings. The third-order valence-corrected chi connectivity index (χ3v) is 4.95. The number of halogens is 2. The van der Waals surface area contributed by atoms with Crippen LogP contribution in [0.4, 0.5) is 0 Å². The SMILES string of the molecule is COc1ccccc1-c1nnc2ccc(OCCNC(=O)c3ccc(Cl)cc3Cl)nn12. The van der Waals surface area contributed by atoms with Crippen LogP contribution >= 0.6 is 23.2 Å². The van der Waals surface area contributed by atoms with Gasteiger partial charge in [-0.2, -0.15) is 4.52 Å². The smallest absolute Gasteiger partial charge is 0.252 e. The summed E-state index contributed by atoms with van der Waals surface area (Å²) in [6.45, 7) is 0.473. The minimum Gasteiger partial charge on any atom is -0.496 e. The highest BCUT2D eigenvalue weighted by molar-refractivity contribution is 6.36. The summed E-state index contributed by atoms with van der Waals surface area (Å²) in [7, 11) is 1.59. The fourth-order valence-electron chi connectivity index (χ4n) is 2.94. The van der Waals surface area contributed by atoms with Crippen LogP contribution in [-0.4, -0.2) is 46.0 Å². The van der Waals surface area contributed by atoms with E-state index in [9.17, 15) is 4.79 Å². The van der Waals surface area contributed by atoms with Gasteiger partial charge in [-0.3, -0.25) is 4.79 Å². The molecular weight excluding hydrogens is 441 g/mol. The van der Waals surface area contributed by atoms with Crippen LogP contribution < -0.4 is 14.8 Å². The Balaban J connectivity index is 1.43. The molecule has 2 heterocycles. The summed E-state index contributed by atoms with van der Waals surface area (Å²) < 4.78 is 12.7. The lowest BCUT2D eigenvalue weighted by Gasteiger charge is -2.09. The predicted molar refractivity (Wildman–Crippen MR) is 117 cm³/mol. The number of nitrogens with zero attached hydrogens (tertiary/aromatic N) is 4. The van der Waals surface area contributed by atoms with Crippen molar-refractivity contribution in [3.63, 3.8) is 0 Å². The van der Waals surface area contributed by atoms with Crippen molar-refractivity contribution in [1.29, 1.82) is 0 Å². The Morgan fingerprint density at radius 3 is 2.74 bits per heavy atom. The van der Waals surface area contributed by atoms with Crippen LogP contribution in [0.2, 0.25) is 10.0 Å². The molecule has 0 aliphatic carbocycles. The average molecular weight is 458 g/mol. The van der Waals surface area contributed by atoms with Crippen molar-refractivity contribution in [2.45, 2.75) is 0 Å². The molecule has 158 valence electrons. The Hall–Kier alpha value is -3.36. The normalized spacial score (nSPS) is 10.8. The van der Waals surface area contributed by atoms with Gasteiger partial charge in [-0.1, -0.05) is 35.3 Å². The highest BCUT2D eigenvalue weighted by atomic mass is 35.5. The highest BCUT2D eigenvalue weighted by Crippen LogP contribution is 2.28. The minimum atomic E-state index is -0.314. The number of fused-ring (bicyclic) bond motifs is 1. The second-order valence-corrected chi connectivity index (χ2v) is 7.24. The Morgan fingerprint density at radius 2 is 1.94 bits per heavy atom. The quantitative estimate of drug-likeness (QED) is 0.423. The molecule has 4 rings (SSSR count). The lowest BCUT2D eigenvalue weighted by atomic mass is 10.2. The fraction of sp³-hybridized carbons (Fsp3) is 0.143. The maximum Gasteiger partial charge on any atom is 0.252 e. The van der Waals surface area contributed by atoms with Gasteiger partial charge in [-0.05, 0) is 36.4 Å². The molecule has 0 aliphatic rings. The molecule has 0 spiro atoms. The summed E-state index contributed by atoms with van der Waals surface area (Å²) in [6, 6.07) is 15.6. The highest BCUT2D eigenvalue weighted by Gasteiger charge is 2.14. The third-order valence-electron chi connectivity index (χ3n) is 4.40. The van der Waals surface area contributed by atoms with Gasteiger partial charge in [0.05, 0.1) is 29.8 Å². The largest absolute Gasteiger partial charge is 0.496 e. The van der Waals surface area contributed by atoms with Crippen molar-refractivity contribution in [1.82, 2.24) is 25.1 Å². The van der Waals surface area contributed by atoms with Gasteiger partial charge in [0.15, 0.2) is 11.5 Å². The number of nitrogens with one attached hydrogen (secondary N) is 1. The van der Waals surface area contributed by atoms with Crippen LogP contribution in [-0.2, 0) is 0 Å². The molecule has 2 aromatic carbocycles. The third kappa shape index (κ3) is 4.55. The first-order chi connectivity index (χ1) is 15.1. The van der Waals surface area contributed by atoms with E-state index < -0.39 is 0 Å². The number of methoxy groups -OCH3 is 1. The zero-order valence-corrected chi connectivity index (χ0v) is 17.9. The van der Waals surface area contributed by atoms with E-state index in [1.165, 1.54) is 6.07 Å². The second-order valence-electron chi connectivity index (χ2n) is 6.39. The second kappa shape index (κ2) is 9.20. The first-order valence-electron chi connectivity index (χ1n) is 9.28. The van der Waals surface area contributed by atoms with Crippen LogP contribution in [0, 0.1) is 0 Å². The molecule has 0 saturated heterocycles. The topological polar surface area (TPSA) is 90.6 Å². The van der Waals surface area contributed by atoms with E-state index in [1.54, 1.807) is 35.9 Å². The maximum atomic E-state index is 12.2. The van der Waals surface area contributed by atoms with Crippen LogP contribution in [0.1, 0.15) is 10.4 Å². The summed E-state index contributed by atoms with van der Waals surface area (Å²) in [5.41, 5.74) is 1.67. The number of carbonyl (C=O) groups is 1. The molecule has 31 heavy (non-hydrogen) atoms. The maximum absolute atomic E-state index is 12.2. The number of hydrogen-bond acceptors (Lipinski definition) is 6. The molecule has 0 radical (unpaired) electrons. The first-order valence-corrected chi connectivity index (χ1v) is 10.0. The van der Waals surface area contributed by atoms with Crippen molar-refractivity contribution in [3.05, 3.63) is 70.2 Å².